The van der Waals surface area contributed by atoms with Crippen molar-refractivity contribution in [2.75, 3.05) is 7.11 Å². The van der Waals surface area contributed by atoms with E-state index in [9.17, 15) is 4.79 Å². The molecule has 0 radical (unpaired) electrons. The van der Waals surface area contributed by atoms with E-state index in [-0.39, 0.29) is 18.4 Å². The van der Waals surface area contributed by atoms with Gasteiger partial charge < -0.3 is 10.1 Å². The summed E-state index contributed by atoms with van der Waals surface area (Å²) in [5, 5.41) is 16.0. The predicted octanol–water partition coefficient (Wildman–Crippen LogP) is 3.61. The second-order valence-electron chi connectivity index (χ2n) is 6.92. The summed E-state index contributed by atoms with van der Waals surface area (Å²) in [7, 11) is 1.64. The SMILES string of the molecule is CCC(C(=O)NCc1nnc2ccc(-c3ccc(OC)cc3)nn12)c1ccccc1. The van der Waals surface area contributed by atoms with Gasteiger partial charge in [-0.1, -0.05) is 37.3 Å². The molecule has 0 saturated carbocycles. The molecule has 0 aliphatic rings. The van der Waals surface area contributed by atoms with E-state index in [0.29, 0.717) is 11.5 Å². The van der Waals surface area contributed by atoms with Crippen LogP contribution in [0.4, 0.5) is 0 Å². The number of hydrogen-bond donors (Lipinski definition) is 1. The zero-order valence-electron chi connectivity index (χ0n) is 16.9. The minimum absolute atomic E-state index is 0.0354. The highest BCUT2D eigenvalue weighted by Gasteiger charge is 2.19. The van der Waals surface area contributed by atoms with Gasteiger partial charge in [0.1, 0.15) is 5.75 Å². The number of hydrogen-bond acceptors (Lipinski definition) is 5. The van der Waals surface area contributed by atoms with Crippen molar-refractivity contribution in [3.05, 3.63) is 78.1 Å². The molecule has 4 rings (SSSR count). The molecule has 2 aromatic heterocycles. The number of fused-ring (bicyclic) bond motifs is 1. The minimum Gasteiger partial charge on any atom is -0.497 e. The maximum Gasteiger partial charge on any atom is 0.227 e. The lowest BCUT2D eigenvalue weighted by molar-refractivity contribution is -0.122. The van der Waals surface area contributed by atoms with Gasteiger partial charge in [0.15, 0.2) is 11.5 Å². The lowest BCUT2D eigenvalue weighted by atomic mass is 9.96. The lowest BCUT2D eigenvalue weighted by Crippen LogP contribution is -2.29. The van der Waals surface area contributed by atoms with Crippen molar-refractivity contribution >= 4 is 11.6 Å². The Morgan fingerprint density at radius 1 is 1.03 bits per heavy atom. The second-order valence-corrected chi connectivity index (χ2v) is 6.92. The molecule has 0 bridgehead atoms. The molecule has 1 amide bonds. The van der Waals surface area contributed by atoms with E-state index in [0.717, 1.165) is 29.0 Å². The molecule has 0 aliphatic carbocycles. The van der Waals surface area contributed by atoms with E-state index in [4.69, 9.17) is 4.74 Å². The Morgan fingerprint density at radius 3 is 2.50 bits per heavy atom. The summed E-state index contributed by atoms with van der Waals surface area (Å²) in [6, 6.07) is 21.2. The third-order valence-electron chi connectivity index (χ3n) is 5.06. The van der Waals surface area contributed by atoms with Crippen LogP contribution in [0.15, 0.2) is 66.7 Å². The van der Waals surface area contributed by atoms with Crippen molar-refractivity contribution in [3.63, 3.8) is 0 Å². The first kappa shape index (κ1) is 19.6. The summed E-state index contributed by atoms with van der Waals surface area (Å²) in [5.74, 6) is 1.13. The van der Waals surface area contributed by atoms with Gasteiger partial charge in [0, 0.05) is 5.56 Å². The van der Waals surface area contributed by atoms with Gasteiger partial charge >= 0.3 is 0 Å². The topological polar surface area (TPSA) is 81.4 Å². The summed E-state index contributed by atoms with van der Waals surface area (Å²) >= 11 is 0. The highest BCUT2D eigenvalue weighted by atomic mass is 16.5. The van der Waals surface area contributed by atoms with Crippen molar-refractivity contribution in [2.24, 2.45) is 0 Å². The summed E-state index contributed by atoms with van der Waals surface area (Å²) in [6.45, 7) is 2.26. The smallest absolute Gasteiger partial charge is 0.227 e. The molecule has 0 spiro atoms. The molecule has 0 fully saturated rings. The Bertz CT molecular complexity index is 1140. The van der Waals surface area contributed by atoms with Crippen LogP contribution in [0.2, 0.25) is 0 Å². The Kier molecular flexibility index (Phi) is 5.70. The molecule has 4 aromatic rings. The van der Waals surface area contributed by atoms with Crippen LogP contribution in [0, 0.1) is 0 Å². The standard InChI is InChI=1S/C23H23N5O2/c1-3-19(16-7-5-4-6-8-16)23(29)24-15-22-26-25-21-14-13-20(27-28(21)22)17-9-11-18(30-2)12-10-17/h4-14,19H,3,15H2,1-2H3,(H,24,29). The monoisotopic (exact) mass is 401 g/mol. The van der Waals surface area contributed by atoms with Crippen molar-refractivity contribution in [2.45, 2.75) is 25.8 Å². The summed E-state index contributed by atoms with van der Waals surface area (Å²) in [6.07, 6.45) is 0.719. The highest BCUT2D eigenvalue weighted by Crippen LogP contribution is 2.21. The van der Waals surface area contributed by atoms with Gasteiger partial charge in [0.25, 0.3) is 0 Å². The van der Waals surface area contributed by atoms with E-state index in [1.165, 1.54) is 0 Å². The van der Waals surface area contributed by atoms with E-state index < -0.39 is 0 Å². The van der Waals surface area contributed by atoms with Crippen molar-refractivity contribution in [3.8, 4) is 17.0 Å². The molecular weight excluding hydrogens is 378 g/mol. The van der Waals surface area contributed by atoms with Crippen molar-refractivity contribution in [1.82, 2.24) is 25.1 Å². The van der Waals surface area contributed by atoms with Crippen molar-refractivity contribution in [1.29, 1.82) is 0 Å². The molecule has 2 heterocycles. The van der Waals surface area contributed by atoms with Crippen LogP contribution in [0.3, 0.4) is 0 Å². The average Bonchev–Trinajstić information content (AvgIpc) is 3.21. The van der Waals surface area contributed by atoms with E-state index >= 15 is 0 Å². The van der Waals surface area contributed by atoms with Crippen LogP contribution in [0.5, 0.6) is 5.75 Å². The molecule has 1 unspecified atom stereocenters. The number of methoxy groups -OCH3 is 1. The van der Waals surface area contributed by atoms with Crippen LogP contribution < -0.4 is 10.1 Å². The fourth-order valence-electron chi connectivity index (χ4n) is 3.41. The predicted molar refractivity (Wildman–Crippen MR) is 114 cm³/mol. The van der Waals surface area contributed by atoms with Gasteiger partial charge in [-0.15, -0.1) is 10.2 Å². The molecule has 30 heavy (non-hydrogen) atoms. The van der Waals surface area contributed by atoms with Gasteiger partial charge in [-0.25, -0.2) is 0 Å². The van der Waals surface area contributed by atoms with Gasteiger partial charge in [-0.3, -0.25) is 4.79 Å². The number of nitrogens with one attached hydrogen (secondary N) is 1. The third kappa shape index (κ3) is 4.00. The number of carbonyl (C=O) groups excluding carboxylic acids is 1. The number of ether oxygens (including phenoxy) is 1. The van der Waals surface area contributed by atoms with Crippen LogP contribution in [0.1, 0.15) is 30.7 Å². The number of carbonyl (C=O) groups is 1. The van der Waals surface area contributed by atoms with E-state index in [2.05, 4.69) is 20.6 Å². The number of nitrogens with zero attached hydrogens (tertiary/aromatic N) is 4. The normalized spacial score (nSPS) is 11.9. The molecule has 0 saturated heterocycles. The molecule has 1 atom stereocenters. The molecule has 1 N–H and O–H groups in total. The van der Waals surface area contributed by atoms with Crippen molar-refractivity contribution < 1.29 is 9.53 Å². The van der Waals surface area contributed by atoms with Crippen LogP contribution in [0.25, 0.3) is 16.9 Å². The summed E-state index contributed by atoms with van der Waals surface area (Å²) in [5.41, 5.74) is 3.37. The maximum atomic E-state index is 12.8. The minimum atomic E-state index is -0.201. The molecule has 7 nitrogen and oxygen atoms in total. The largest absolute Gasteiger partial charge is 0.497 e. The van der Waals surface area contributed by atoms with Gasteiger partial charge in [0.05, 0.1) is 25.3 Å². The molecule has 152 valence electrons. The zero-order chi connectivity index (χ0) is 20.9. The molecule has 7 heteroatoms. The van der Waals surface area contributed by atoms with Crippen LogP contribution >= 0.6 is 0 Å². The van der Waals surface area contributed by atoms with E-state index in [1.807, 2.05) is 73.7 Å². The summed E-state index contributed by atoms with van der Waals surface area (Å²) in [4.78, 5) is 12.8. The molecule has 0 aliphatic heterocycles. The number of rotatable bonds is 7. The Balaban J connectivity index is 1.53. The second kappa shape index (κ2) is 8.73. The first-order valence-corrected chi connectivity index (χ1v) is 9.88. The fourth-order valence-corrected chi connectivity index (χ4v) is 3.41. The highest BCUT2D eigenvalue weighted by molar-refractivity contribution is 5.83. The van der Waals surface area contributed by atoms with Gasteiger partial charge in [0.2, 0.25) is 5.91 Å². The molecular formula is C23H23N5O2. The summed E-state index contributed by atoms with van der Waals surface area (Å²) < 4.78 is 6.88. The lowest BCUT2D eigenvalue weighted by Gasteiger charge is -2.15. The fraction of sp³-hybridized carbons (Fsp3) is 0.217. The first-order chi connectivity index (χ1) is 14.7. The quantitative estimate of drug-likeness (QED) is 0.512. The van der Waals surface area contributed by atoms with E-state index in [1.54, 1.807) is 11.6 Å². The molecule has 2 aromatic carbocycles. The first-order valence-electron chi connectivity index (χ1n) is 9.88. The average molecular weight is 401 g/mol. The van der Waals surface area contributed by atoms with Crippen LogP contribution in [-0.4, -0.2) is 32.8 Å². The Hall–Kier alpha value is -3.74. The number of benzene rings is 2. The maximum absolute atomic E-state index is 12.8. The Labute approximate surface area is 174 Å². The number of amides is 1. The van der Waals surface area contributed by atoms with Crippen LogP contribution in [-0.2, 0) is 11.3 Å². The van der Waals surface area contributed by atoms with Gasteiger partial charge in [-0.2, -0.15) is 9.61 Å². The number of aromatic nitrogens is 4. The third-order valence-corrected chi connectivity index (χ3v) is 5.06. The van der Waals surface area contributed by atoms with Gasteiger partial charge in [-0.05, 0) is 48.4 Å². The Morgan fingerprint density at radius 2 is 1.80 bits per heavy atom. The zero-order valence-corrected chi connectivity index (χ0v) is 16.9.